The van der Waals surface area contributed by atoms with Gasteiger partial charge in [-0.2, -0.15) is 0 Å². The Hall–Kier alpha value is -4.01. The third kappa shape index (κ3) is 9.33. The molecule has 0 amide bonds. The summed E-state index contributed by atoms with van der Waals surface area (Å²) in [6.07, 6.45) is 11.4. The van der Waals surface area contributed by atoms with Gasteiger partial charge in [-0.15, -0.1) is 0 Å². The summed E-state index contributed by atoms with van der Waals surface area (Å²) in [6.45, 7) is 2.43. The van der Waals surface area contributed by atoms with E-state index in [9.17, 15) is 20.1 Å². The van der Waals surface area contributed by atoms with E-state index in [1.807, 2.05) is 45.9 Å². The van der Waals surface area contributed by atoms with Crippen LogP contribution in [0.1, 0.15) is 87.5 Å². The van der Waals surface area contributed by atoms with Crippen molar-refractivity contribution in [3.05, 3.63) is 71.5 Å². The lowest BCUT2D eigenvalue weighted by Gasteiger charge is -2.50. The van der Waals surface area contributed by atoms with Crippen LogP contribution in [0.3, 0.4) is 0 Å². The third-order valence-electron chi connectivity index (χ3n) is 12.4. The van der Waals surface area contributed by atoms with Crippen molar-refractivity contribution >= 4 is 33.5 Å². The Morgan fingerprint density at radius 1 is 1.05 bits per heavy atom. The molecule has 3 aliphatic heterocycles. The number of hydrogen-bond acceptors (Lipinski definition) is 14. The van der Waals surface area contributed by atoms with Crippen molar-refractivity contribution in [2.45, 2.75) is 113 Å². The predicted octanol–water partition coefficient (Wildman–Crippen LogP) is 6.99. The number of esters is 1. The lowest BCUT2D eigenvalue weighted by molar-refractivity contribution is -0.191. The molecule has 9 atom stereocenters. The summed E-state index contributed by atoms with van der Waals surface area (Å²) in [5.41, 5.74) is 8.85. The molecule has 2 aromatic carbocycles. The number of nitrogens with one attached hydrogen (secondary N) is 1. The largest absolute Gasteiger partial charge is 0.504 e. The normalized spacial score (nSPS) is 31.5. The minimum atomic E-state index is -0.549. The van der Waals surface area contributed by atoms with E-state index in [-0.39, 0.29) is 70.4 Å². The van der Waals surface area contributed by atoms with E-state index < -0.39 is 12.2 Å². The van der Waals surface area contributed by atoms with Gasteiger partial charge in [0.2, 0.25) is 5.75 Å². The molecule has 5 aliphatic rings. The molecule has 12 nitrogen and oxygen atoms in total. The summed E-state index contributed by atoms with van der Waals surface area (Å²) >= 11 is 0. The molecule has 8 rings (SSSR count). The van der Waals surface area contributed by atoms with Crippen LogP contribution in [0, 0.1) is 17.8 Å². The molecular formula is C43H54N4O8S2. The molecule has 1 aromatic heterocycles. The lowest BCUT2D eigenvalue weighted by atomic mass is 9.70. The van der Waals surface area contributed by atoms with Crippen LogP contribution in [-0.4, -0.2) is 80.2 Å². The number of carbonyl (C=O) groups is 1. The fourth-order valence-electron chi connectivity index (χ4n) is 9.86. The second kappa shape index (κ2) is 17.5. The molecule has 0 radical (unpaired) electrons. The zero-order valence-electron chi connectivity index (χ0n) is 32.4. The zero-order valence-corrected chi connectivity index (χ0v) is 34.0. The first-order valence-corrected chi connectivity index (χ1v) is 22.7. The zero-order chi connectivity index (χ0) is 39.5. The number of benzene rings is 2. The number of nitrogens with two attached hydrogens (primary N) is 1. The number of rotatable bonds is 6. The highest BCUT2D eigenvalue weighted by molar-refractivity contribution is 8.77. The second-order valence-corrected chi connectivity index (χ2v) is 19.2. The van der Waals surface area contributed by atoms with Crippen LogP contribution in [0.15, 0.2) is 59.9 Å². The molecule has 14 heteroatoms. The number of phenols is 3. The van der Waals surface area contributed by atoms with Gasteiger partial charge in [0.05, 0.1) is 24.4 Å². The first-order chi connectivity index (χ1) is 27.6. The molecule has 57 heavy (non-hydrogen) atoms. The van der Waals surface area contributed by atoms with Gasteiger partial charge in [0.1, 0.15) is 12.2 Å². The maximum atomic E-state index is 12.6. The maximum Gasteiger partial charge on any atom is 0.302 e. The minimum absolute atomic E-state index is 0.00873. The van der Waals surface area contributed by atoms with Crippen molar-refractivity contribution in [3.63, 3.8) is 0 Å². The summed E-state index contributed by atoms with van der Waals surface area (Å²) < 4.78 is 26.0. The number of nitrogens with zero attached hydrogens (tertiary/aromatic N) is 2. The van der Waals surface area contributed by atoms with Gasteiger partial charge < -0.3 is 45.3 Å². The van der Waals surface area contributed by atoms with Crippen LogP contribution in [-0.2, 0) is 27.1 Å². The van der Waals surface area contributed by atoms with Crippen molar-refractivity contribution < 1.29 is 39.1 Å². The lowest BCUT2D eigenvalue weighted by Crippen LogP contribution is -2.59. The van der Waals surface area contributed by atoms with Gasteiger partial charge >= 0.3 is 5.97 Å². The van der Waals surface area contributed by atoms with E-state index in [0.717, 1.165) is 74.8 Å². The highest BCUT2D eigenvalue weighted by Crippen LogP contribution is 2.53. The molecule has 3 aromatic rings. The number of pyridine rings is 1. The molecule has 1 spiro atoms. The number of phenolic OH excluding ortho intramolecular Hbond substituents is 3. The third-order valence-corrected chi connectivity index (χ3v) is 15.5. The number of hydrogen-bond donors (Lipinski definition) is 5. The van der Waals surface area contributed by atoms with Gasteiger partial charge in [-0.3, -0.25) is 14.8 Å². The van der Waals surface area contributed by atoms with Gasteiger partial charge in [-0.05, 0) is 91.5 Å². The molecule has 2 saturated carbocycles. The van der Waals surface area contributed by atoms with Crippen LogP contribution in [0.2, 0.25) is 0 Å². The van der Waals surface area contributed by atoms with Crippen LogP contribution >= 0.6 is 21.6 Å². The number of ether oxygens (including phenoxy) is 4. The Morgan fingerprint density at radius 3 is 2.79 bits per heavy atom. The average Bonchev–Trinajstić information content (AvgIpc) is 3.18. The molecule has 6 N–H and O–H groups in total. The average molecular weight is 819 g/mol. The highest BCUT2D eigenvalue weighted by Gasteiger charge is 2.50. The minimum Gasteiger partial charge on any atom is -0.504 e. The number of fused-ring (bicyclic) bond motifs is 7. The van der Waals surface area contributed by atoms with E-state index in [1.165, 1.54) is 13.0 Å². The standard InChI is InChI=1S/C43H54N4O8S2/c1-25(48)53-36-20-35(29-18-34(50)40(51)38(19-29)52-14-11-26-6-4-12-45-23-26)55-41-31(36)8-10-39-32(41)16-27-7-9-33(49)37(17-27)54-30-15-28-5-2-3-13-46-42(44)47-43(21-28,22-30)24-56-57-39/h4,6-7,9,12,17-19,23,28,30-32,35-36,39,41,49-51H,2-3,5,8,10-11,13-16,20-22,24H2,1H3,(H3,44,46,47)/t28-,30-,31+,32-,35+,36+,39-,41-,43-/m1/s1. The Labute approximate surface area is 342 Å². The van der Waals surface area contributed by atoms with Crippen molar-refractivity contribution in [1.82, 2.24) is 10.3 Å². The monoisotopic (exact) mass is 818 g/mol. The molecule has 1 saturated heterocycles. The summed E-state index contributed by atoms with van der Waals surface area (Å²) in [5, 5.41) is 36.7. The summed E-state index contributed by atoms with van der Waals surface area (Å²) in [5.74, 6) is 1.48. The molecular weight excluding hydrogens is 765 g/mol. The molecule has 306 valence electrons. The van der Waals surface area contributed by atoms with E-state index in [2.05, 4.69) is 15.3 Å². The predicted molar refractivity (Wildman–Crippen MR) is 221 cm³/mol. The second-order valence-electron chi connectivity index (χ2n) is 16.5. The summed E-state index contributed by atoms with van der Waals surface area (Å²) in [6, 6.07) is 12.7. The smallest absolute Gasteiger partial charge is 0.302 e. The fourth-order valence-corrected chi connectivity index (χ4v) is 13.4. The Balaban J connectivity index is 1.10. The van der Waals surface area contributed by atoms with Crippen LogP contribution in [0.25, 0.3) is 0 Å². The van der Waals surface area contributed by atoms with Gasteiger partial charge in [-0.25, -0.2) is 0 Å². The molecule has 4 heterocycles. The highest BCUT2D eigenvalue weighted by atomic mass is 33.1. The van der Waals surface area contributed by atoms with E-state index in [0.29, 0.717) is 42.5 Å². The van der Waals surface area contributed by atoms with Crippen LogP contribution in [0.5, 0.6) is 28.7 Å². The first kappa shape index (κ1) is 39.8. The molecule has 3 fully saturated rings. The Bertz CT molecular complexity index is 1920. The van der Waals surface area contributed by atoms with Gasteiger partial charge in [-0.1, -0.05) is 46.6 Å². The van der Waals surface area contributed by atoms with Gasteiger partial charge in [0.25, 0.3) is 0 Å². The quantitative estimate of drug-likeness (QED) is 0.0978. The van der Waals surface area contributed by atoms with Gasteiger partial charge in [0, 0.05) is 68.0 Å². The fraction of sp³-hybridized carbons (Fsp3) is 0.558. The van der Waals surface area contributed by atoms with Crippen molar-refractivity contribution in [2.24, 2.45) is 28.5 Å². The number of guanidine groups is 1. The SMILES string of the molecule is CC(=O)O[C@H]1C[C@@H](c2cc(O)c(O)c(OCCc3cccnc3)c2)O[C@@H]2[C@H]1CC[C@H]1SSC[C@]34C[C@H](CCCCN=C(N)N3)C[C@H](C4)Oc3cc(ccc3O)C[C@@H]21. The number of aliphatic imine (C=N–C) groups is 1. The van der Waals surface area contributed by atoms with E-state index in [4.69, 9.17) is 24.7 Å². The summed E-state index contributed by atoms with van der Waals surface area (Å²) in [4.78, 5) is 21.4. The van der Waals surface area contributed by atoms with Crippen molar-refractivity contribution in [2.75, 3.05) is 18.9 Å². The van der Waals surface area contributed by atoms with E-state index in [1.54, 1.807) is 24.5 Å². The molecule has 2 aliphatic carbocycles. The molecule has 0 unspecified atom stereocenters. The molecule has 5 bridgehead atoms. The van der Waals surface area contributed by atoms with Crippen LogP contribution < -0.4 is 20.5 Å². The van der Waals surface area contributed by atoms with Gasteiger partial charge in [0.15, 0.2) is 29.0 Å². The van der Waals surface area contributed by atoms with Crippen molar-refractivity contribution in [1.29, 1.82) is 0 Å². The van der Waals surface area contributed by atoms with Crippen molar-refractivity contribution in [3.8, 4) is 28.7 Å². The maximum absolute atomic E-state index is 12.6. The Kier molecular flexibility index (Phi) is 12.2. The number of carbonyl (C=O) groups excluding carboxylic acids is 1. The number of aromatic nitrogens is 1. The summed E-state index contributed by atoms with van der Waals surface area (Å²) in [7, 11) is 3.77. The Morgan fingerprint density at radius 2 is 1.95 bits per heavy atom. The van der Waals surface area contributed by atoms with E-state index >= 15 is 0 Å². The number of aromatic hydroxyl groups is 3. The topological polar surface area (TPSA) is 178 Å². The first-order valence-electron chi connectivity index (χ1n) is 20.4. The van der Waals surface area contributed by atoms with Crippen LogP contribution in [0.4, 0.5) is 0 Å².